The highest BCUT2D eigenvalue weighted by atomic mass is 35.5. The van der Waals surface area contributed by atoms with Gasteiger partial charge in [-0.3, -0.25) is 0 Å². The first-order valence-electron chi connectivity index (χ1n) is 20.3. The van der Waals surface area contributed by atoms with Crippen molar-refractivity contribution in [2.75, 3.05) is 39.4 Å². The van der Waals surface area contributed by atoms with Crippen LogP contribution in [0.3, 0.4) is 0 Å². The standard InChI is InChI=1S/C40H82NO.ClH/c1-3-5-7-9-11-13-15-17-19-21-23-25-27-29-31-33-35-41(37-39-42-40-38-41)36-34-32-30-28-26-24-22-20-18-16-14-12-10-8-6-4-2;/h3-40H2,1-2H3;1H/q+1;/p-1. The van der Waals surface area contributed by atoms with Crippen LogP contribution >= 0.6 is 0 Å². The summed E-state index contributed by atoms with van der Waals surface area (Å²) in [6, 6.07) is 0. The van der Waals surface area contributed by atoms with Gasteiger partial charge in [0.05, 0.1) is 26.3 Å². The van der Waals surface area contributed by atoms with Crippen molar-refractivity contribution in [3.63, 3.8) is 0 Å². The fraction of sp³-hybridized carbons (Fsp3) is 1.00. The van der Waals surface area contributed by atoms with Gasteiger partial charge in [0, 0.05) is 0 Å². The first kappa shape index (κ1) is 43.2. The van der Waals surface area contributed by atoms with Gasteiger partial charge in [0.1, 0.15) is 13.1 Å². The van der Waals surface area contributed by atoms with Crippen molar-refractivity contribution in [3.05, 3.63) is 0 Å². The number of hydrogen-bond acceptors (Lipinski definition) is 1. The third kappa shape index (κ3) is 29.4. The van der Waals surface area contributed by atoms with E-state index in [1.54, 1.807) is 0 Å². The van der Waals surface area contributed by atoms with E-state index in [9.17, 15) is 0 Å². The van der Waals surface area contributed by atoms with Gasteiger partial charge in [-0.1, -0.05) is 194 Å². The molecule has 0 aromatic rings. The number of morpholine rings is 1. The molecule has 0 unspecified atom stereocenters. The zero-order valence-corrected chi connectivity index (χ0v) is 30.9. The Morgan fingerprint density at radius 2 is 0.535 bits per heavy atom. The molecule has 260 valence electrons. The van der Waals surface area contributed by atoms with Crippen LogP contribution in [-0.2, 0) is 4.74 Å². The normalized spacial score (nSPS) is 14.7. The minimum absolute atomic E-state index is 0. The molecule has 0 atom stereocenters. The zero-order valence-electron chi connectivity index (χ0n) is 30.1. The molecule has 2 nitrogen and oxygen atoms in total. The molecule has 0 N–H and O–H groups in total. The van der Waals surface area contributed by atoms with Crippen molar-refractivity contribution in [2.24, 2.45) is 0 Å². The lowest BCUT2D eigenvalue weighted by Gasteiger charge is -2.41. The maximum Gasteiger partial charge on any atom is 0.102 e. The van der Waals surface area contributed by atoms with E-state index < -0.39 is 0 Å². The second kappa shape index (κ2) is 35.1. The summed E-state index contributed by atoms with van der Waals surface area (Å²) in [5.74, 6) is 0. The lowest BCUT2D eigenvalue weighted by molar-refractivity contribution is -0.935. The highest BCUT2D eigenvalue weighted by Crippen LogP contribution is 2.19. The Kier molecular flexibility index (Phi) is 35.2. The number of quaternary nitrogens is 1. The molecule has 0 aromatic carbocycles. The van der Waals surface area contributed by atoms with Crippen LogP contribution in [0.15, 0.2) is 0 Å². The molecule has 0 aliphatic carbocycles. The largest absolute Gasteiger partial charge is 1.00 e. The van der Waals surface area contributed by atoms with Gasteiger partial charge in [0.15, 0.2) is 0 Å². The summed E-state index contributed by atoms with van der Waals surface area (Å²) in [7, 11) is 0. The van der Waals surface area contributed by atoms with Gasteiger partial charge in [0.25, 0.3) is 0 Å². The molecule has 0 aromatic heterocycles. The summed E-state index contributed by atoms with van der Waals surface area (Å²) < 4.78 is 7.15. The topological polar surface area (TPSA) is 9.23 Å². The van der Waals surface area contributed by atoms with Crippen molar-refractivity contribution < 1.29 is 21.6 Å². The Balaban J connectivity index is 0.0000176. The third-order valence-corrected chi connectivity index (χ3v) is 10.4. The third-order valence-electron chi connectivity index (χ3n) is 10.4. The van der Waals surface area contributed by atoms with Crippen molar-refractivity contribution in [2.45, 2.75) is 219 Å². The van der Waals surface area contributed by atoms with Crippen molar-refractivity contribution >= 4 is 0 Å². The number of halogens is 1. The summed E-state index contributed by atoms with van der Waals surface area (Å²) in [6.45, 7) is 12.0. The van der Waals surface area contributed by atoms with E-state index >= 15 is 0 Å². The fourth-order valence-electron chi connectivity index (χ4n) is 7.28. The average molecular weight is 629 g/mol. The monoisotopic (exact) mass is 628 g/mol. The van der Waals surface area contributed by atoms with E-state index in [0.717, 1.165) is 13.2 Å². The molecule has 0 saturated carbocycles. The second-order valence-corrected chi connectivity index (χ2v) is 14.5. The molecule has 43 heavy (non-hydrogen) atoms. The van der Waals surface area contributed by atoms with E-state index in [2.05, 4.69) is 13.8 Å². The van der Waals surface area contributed by atoms with Crippen LogP contribution < -0.4 is 12.4 Å². The van der Waals surface area contributed by atoms with Gasteiger partial charge >= 0.3 is 0 Å². The van der Waals surface area contributed by atoms with E-state index in [1.165, 1.54) is 236 Å². The molecular formula is C40H82ClNO. The smallest absolute Gasteiger partial charge is 0.102 e. The molecular weight excluding hydrogens is 546 g/mol. The second-order valence-electron chi connectivity index (χ2n) is 14.5. The van der Waals surface area contributed by atoms with Crippen LogP contribution in [0.25, 0.3) is 0 Å². The molecule has 1 aliphatic rings. The predicted octanol–water partition coefficient (Wildman–Crippen LogP) is 10.4. The summed E-state index contributed by atoms with van der Waals surface area (Å²) in [4.78, 5) is 0. The van der Waals surface area contributed by atoms with E-state index in [-0.39, 0.29) is 12.4 Å². The maximum absolute atomic E-state index is 5.77. The quantitative estimate of drug-likeness (QED) is 0.0509. The summed E-state index contributed by atoms with van der Waals surface area (Å²) in [5, 5.41) is 0. The maximum atomic E-state index is 5.77. The van der Waals surface area contributed by atoms with Gasteiger partial charge < -0.3 is 21.6 Å². The Labute approximate surface area is 279 Å². The molecule has 0 radical (unpaired) electrons. The van der Waals surface area contributed by atoms with Crippen LogP contribution in [0.1, 0.15) is 219 Å². The molecule has 1 saturated heterocycles. The number of ether oxygens (including phenoxy) is 1. The Morgan fingerprint density at radius 3 is 0.767 bits per heavy atom. The van der Waals surface area contributed by atoms with E-state index in [1.807, 2.05) is 0 Å². The number of unbranched alkanes of at least 4 members (excludes halogenated alkanes) is 30. The fourth-order valence-corrected chi connectivity index (χ4v) is 7.28. The first-order chi connectivity index (χ1) is 20.8. The Morgan fingerprint density at radius 1 is 0.326 bits per heavy atom. The summed E-state index contributed by atoms with van der Waals surface area (Å²) in [5.41, 5.74) is 0. The van der Waals surface area contributed by atoms with Gasteiger partial charge in [-0.15, -0.1) is 0 Å². The molecule has 0 bridgehead atoms. The number of nitrogens with zero attached hydrogens (tertiary/aromatic N) is 1. The van der Waals surface area contributed by atoms with Crippen LogP contribution in [0.4, 0.5) is 0 Å². The Hall–Kier alpha value is 0.210. The highest BCUT2D eigenvalue weighted by molar-refractivity contribution is 4.56. The lowest BCUT2D eigenvalue weighted by Crippen LogP contribution is -3.00. The highest BCUT2D eigenvalue weighted by Gasteiger charge is 2.29. The molecule has 3 heteroatoms. The molecule has 1 rings (SSSR count). The minimum atomic E-state index is 0. The molecule has 1 aliphatic heterocycles. The van der Waals surface area contributed by atoms with Gasteiger partial charge in [-0.2, -0.15) is 0 Å². The minimum Gasteiger partial charge on any atom is -1.00 e. The van der Waals surface area contributed by atoms with Crippen LogP contribution in [0.5, 0.6) is 0 Å². The first-order valence-corrected chi connectivity index (χ1v) is 20.3. The van der Waals surface area contributed by atoms with Crippen molar-refractivity contribution in [1.82, 2.24) is 0 Å². The van der Waals surface area contributed by atoms with E-state index in [4.69, 9.17) is 4.74 Å². The molecule has 1 heterocycles. The number of hydrogen-bond donors (Lipinski definition) is 0. The van der Waals surface area contributed by atoms with Crippen molar-refractivity contribution in [3.8, 4) is 0 Å². The molecule has 1 fully saturated rings. The summed E-state index contributed by atoms with van der Waals surface area (Å²) in [6.07, 6.45) is 46.9. The van der Waals surface area contributed by atoms with Crippen molar-refractivity contribution in [1.29, 1.82) is 0 Å². The summed E-state index contributed by atoms with van der Waals surface area (Å²) >= 11 is 0. The van der Waals surface area contributed by atoms with Gasteiger partial charge in [0.2, 0.25) is 0 Å². The van der Waals surface area contributed by atoms with E-state index in [0.29, 0.717) is 0 Å². The predicted molar refractivity (Wildman–Crippen MR) is 190 cm³/mol. The zero-order chi connectivity index (χ0) is 30.1. The number of rotatable bonds is 34. The lowest BCUT2D eigenvalue weighted by atomic mass is 10.0. The average Bonchev–Trinajstić information content (AvgIpc) is 3.01. The molecule has 0 spiro atoms. The Bertz CT molecular complexity index is 469. The molecule has 0 amide bonds. The SMILES string of the molecule is CCCCCCCCCCCCCCCCCC[N+]1(CCCCCCCCCCCCCCCCCC)CCOCC1.[Cl-]. The van der Waals surface area contributed by atoms with Crippen LogP contribution in [-0.4, -0.2) is 43.9 Å². The van der Waals surface area contributed by atoms with Crippen LogP contribution in [0, 0.1) is 0 Å². The van der Waals surface area contributed by atoms with Gasteiger partial charge in [-0.25, -0.2) is 0 Å². The van der Waals surface area contributed by atoms with Gasteiger partial charge in [-0.05, 0) is 25.7 Å². The van der Waals surface area contributed by atoms with Crippen LogP contribution in [0.2, 0.25) is 0 Å².